The van der Waals surface area contributed by atoms with Gasteiger partial charge in [-0.25, -0.2) is 13.1 Å². The molecule has 1 fully saturated rings. The predicted molar refractivity (Wildman–Crippen MR) is 80.1 cm³/mol. The summed E-state index contributed by atoms with van der Waals surface area (Å²) in [5.41, 5.74) is 6.53. The Balaban J connectivity index is 1.88. The van der Waals surface area contributed by atoms with Crippen LogP contribution < -0.4 is 10.5 Å². The zero-order valence-electron chi connectivity index (χ0n) is 11.7. The molecule has 0 spiro atoms. The lowest BCUT2D eigenvalue weighted by Crippen LogP contribution is -2.33. The van der Waals surface area contributed by atoms with Crippen LogP contribution in [-0.4, -0.2) is 46.0 Å². The summed E-state index contributed by atoms with van der Waals surface area (Å²) in [7, 11) is -3.39. The van der Waals surface area contributed by atoms with Crippen molar-refractivity contribution in [2.75, 3.05) is 32.7 Å². The highest BCUT2D eigenvalue weighted by atomic mass is 32.2. The van der Waals surface area contributed by atoms with Crippen molar-refractivity contribution in [1.82, 2.24) is 9.62 Å². The van der Waals surface area contributed by atoms with E-state index in [-0.39, 0.29) is 0 Å². The minimum absolute atomic E-state index is 0.319. The van der Waals surface area contributed by atoms with Crippen LogP contribution in [0.5, 0.6) is 0 Å². The molecule has 5 nitrogen and oxygen atoms in total. The van der Waals surface area contributed by atoms with Gasteiger partial charge in [0.2, 0.25) is 10.0 Å². The van der Waals surface area contributed by atoms with Crippen LogP contribution in [0.2, 0.25) is 0 Å². The lowest BCUT2D eigenvalue weighted by molar-refractivity contribution is 0.344. The van der Waals surface area contributed by atoms with Crippen LogP contribution in [0.4, 0.5) is 0 Å². The third-order valence-corrected chi connectivity index (χ3v) is 5.06. The van der Waals surface area contributed by atoms with Crippen molar-refractivity contribution in [3.05, 3.63) is 29.8 Å². The topological polar surface area (TPSA) is 75.4 Å². The first-order valence-electron chi connectivity index (χ1n) is 7.13. The third-order valence-electron chi connectivity index (χ3n) is 3.59. The Hall–Kier alpha value is -0.950. The zero-order valence-corrected chi connectivity index (χ0v) is 12.5. The number of nitrogens with zero attached hydrogens (tertiary/aromatic N) is 1. The van der Waals surface area contributed by atoms with Gasteiger partial charge in [-0.05, 0) is 56.6 Å². The van der Waals surface area contributed by atoms with E-state index in [1.54, 1.807) is 12.1 Å². The molecule has 0 aliphatic carbocycles. The quantitative estimate of drug-likeness (QED) is 0.771. The maximum absolute atomic E-state index is 12.1. The summed E-state index contributed by atoms with van der Waals surface area (Å²) in [6, 6.07) is 6.93. The Labute approximate surface area is 121 Å². The van der Waals surface area contributed by atoms with E-state index in [2.05, 4.69) is 9.62 Å². The molecule has 0 bridgehead atoms. The van der Waals surface area contributed by atoms with E-state index in [9.17, 15) is 8.42 Å². The van der Waals surface area contributed by atoms with Crippen LogP contribution in [-0.2, 0) is 16.4 Å². The molecule has 3 N–H and O–H groups in total. The van der Waals surface area contributed by atoms with E-state index in [4.69, 9.17) is 5.73 Å². The van der Waals surface area contributed by atoms with Crippen molar-refractivity contribution in [1.29, 1.82) is 0 Å². The average molecular weight is 297 g/mol. The number of nitrogens with two attached hydrogens (primary N) is 1. The van der Waals surface area contributed by atoms with Gasteiger partial charge in [-0.3, -0.25) is 0 Å². The largest absolute Gasteiger partial charge is 0.330 e. The molecule has 6 heteroatoms. The van der Waals surface area contributed by atoms with E-state index in [0.717, 1.165) is 31.6 Å². The Kier molecular flexibility index (Phi) is 5.54. The Morgan fingerprint density at radius 3 is 2.40 bits per heavy atom. The molecule has 0 radical (unpaired) electrons. The van der Waals surface area contributed by atoms with E-state index in [1.165, 1.54) is 12.8 Å². The maximum atomic E-state index is 12.1. The highest BCUT2D eigenvalue weighted by molar-refractivity contribution is 7.89. The summed E-state index contributed by atoms with van der Waals surface area (Å²) in [5, 5.41) is 0. The lowest BCUT2D eigenvalue weighted by atomic mass is 10.2. The molecule has 2 rings (SSSR count). The number of benzene rings is 1. The van der Waals surface area contributed by atoms with Crippen molar-refractivity contribution in [2.24, 2.45) is 5.73 Å². The van der Waals surface area contributed by atoms with E-state index >= 15 is 0 Å². The smallest absolute Gasteiger partial charge is 0.240 e. The fourth-order valence-corrected chi connectivity index (χ4v) is 3.45. The highest BCUT2D eigenvalue weighted by Gasteiger charge is 2.15. The molecule has 1 saturated heterocycles. The molecule has 1 aliphatic heterocycles. The summed E-state index contributed by atoms with van der Waals surface area (Å²) in [5.74, 6) is 0. The molecule has 1 heterocycles. The van der Waals surface area contributed by atoms with Gasteiger partial charge in [0.25, 0.3) is 0 Å². The number of sulfonamides is 1. The van der Waals surface area contributed by atoms with Crippen LogP contribution in [0, 0.1) is 0 Å². The Morgan fingerprint density at radius 2 is 1.80 bits per heavy atom. The number of hydrogen-bond donors (Lipinski definition) is 2. The summed E-state index contributed by atoms with van der Waals surface area (Å²) in [6.07, 6.45) is 3.20. The summed E-state index contributed by atoms with van der Waals surface area (Å²) < 4.78 is 26.9. The second-order valence-corrected chi connectivity index (χ2v) is 6.90. The normalized spacial score (nSPS) is 16.6. The minimum Gasteiger partial charge on any atom is -0.330 e. The van der Waals surface area contributed by atoms with Gasteiger partial charge in [-0.2, -0.15) is 0 Å². The molecule has 0 saturated carbocycles. The summed E-state index contributed by atoms with van der Waals surface area (Å²) >= 11 is 0. The predicted octanol–water partition coefficient (Wildman–Crippen LogP) is 0.562. The van der Waals surface area contributed by atoms with Gasteiger partial charge in [-0.1, -0.05) is 12.1 Å². The monoisotopic (exact) mass is 297 g/mol. The Morgan fingerprint density at radius 1 is 1.15 bits per heavy atom. The Bertz CT molecular complexity index is 508. The number of rotatable bonds is 7. The van der Waals surface area contributed by atoms with Crippen molar-refractivity contribution in [2.45, 2.75) is 24.2 Å². The van der Waals surface area contributed by atoms with Crippen LogP contribution in [0.3, 0.4) is 0 Å². The number of nitrogens with one attached hydrogen (secondary N) is 1. The lowest BCUT2D eigenvalue weighted by Gasteiger charge is -2.15. The first-order chi connectivity index (χ1) is 9.62. The summed E-state index contributed by atoms with van der Waals surface area (Å²) in [4.78, 5) is 2.60. The van der Waals surface area contributed by atoms with Crippen LogP contribution >= 0.6 is 0 Å². The molecule has 1 aromatic carbocycles. The molecule has 112 valence electrons. The molecule has 0 unspecified atom stereocenters. The van der Waals surface area contributed by atoms with Gasteiger partial charge in [0.1, 0.15) is 0 Å². The fraction of sp³-hybridized carbons (Fsp3) is 0.571. The molecule has 1 aliphatic rings. The number of hydrogen-bond acceptors (Lipinski definition) is 4. The first-order valence-corrected chi connectivity index (χ1v) is 8.61. The minimum atomic E-state index is -3.39. The van der Waals surface area contributed by atoms with Crippen molar-refractivity contribution < 1.29 is 8.42 Å². The summed E-state index contributed by atoms with van der Waals surface area (Å²) in [6.45, 7) is 3.97. The van der Waals surface area contributed by atoms with Gasteiger partial charge >= 0.3 is 0 Å². The molecule has 0 atom stereocenters. The molecule has 0 amide bonds. The van der Waals surface area contributed by atoms with Gasteiger partial charge in [-0.15, -0.1) is 0 Å². The molecular formula is C14H23N3O2S. The fourth-order valence-electron chi connectivity index (χ4n) is 2.43. The van der Waals surface area contributed by atoms with Crippen LogP contribution in [0.15, 0.2) is 29.2 Å². The van der Waals surface area contributed by atoms with E-state index in [1.807, 2.05) is 12.1 Å². The van der Waals surface area contributed by atoms with Crippen molar-refractivity contribution in [3.8, 4) is 0 Å². The van der Waals surface area contributed by atoms with Gasteiger partial charge in [0.15, 0.2) is 0 Å². The molecular weight excluding hydrogens is 274 g/mol. The van der Waals surface area contributed by atoms with Gasteiger partial charge in [0, 0.05) is 13.1 Å². The SMILES string of the molecule is NCCc1ccc(S(=O)(=O)NCCN2CCCC2)cc1. The highest BCUT2D eigenvalue weighted by Crippen LogP contribution is 2.11. The van der Waals surface area contributed by atoms with Crippen molar-refractivity contribution >= 4 is 10.0 Å². The molecule has 20 heavy (non-hydrogen) atoms. The van der Waals surface area contributed by atoms with E-state index in [0.29, 0.717) is 18.0 Å². The van der Waals surface area contributed by atoms with Gasteiger partial charge in [0.05, 0.1) is 4.90 Å². The second-order valence-electron chi connectivity index (χ2n) is 5.13. The maximum Gasteiger partial charge on any atom is 0.240 e. The molecule has 0 aromatic heterocycles. The first kappa shape index (κ1) is 15.4. The third kappa shape index (κ3) is 4.28. The zero-order chi connectivity index (χ0) is 14.4. The molecule has 1 aromatic rings. The second kappa shape index (κ2) is 7.17. The van der Waals surface area contributed by atoms with Crippen LogP contribution in [0.25, 0.3) is 0 Å². The van der Waals surface area contributed by atoms with Crippen molar-refractivity contribution in [3.63, 3.8) is 0 Å². The van der Waals surface area contributed by atoms with E-state index < -0.39 is 10.0 Å². The van der Waals surface area contributed by atoms with Gasteiger partial charge < -0.3 is 10.6 Å². The average Bonchev–Trinajstić information content (AvgIpc) is 2.93. The number of likely N-dealkylation sites (tertiary alicyclic amines) is 1. The van der Waals surface area contributed by atoms with Crippen LogP contribution in [0.1, 0.15) is 18.4 Å². The standard InChI is InChI=1S/C14H23N3O2S/c15-8-7-13-3-5-14(6-4-13)20(18,19)16-9-12-17-10-1-2-11-17/h3-6,16H,1-2,7-12,15H2.